The second-order valence-electron chi connectivity index (χ2n) is 12.1. The first-order valence-corrected chi connectivity index (χ1v) is 16.9. The van der Waals surface area contributed by atoms with E-state index in [0.29, 0.717) is 40.0 Å². The number of methoxy groups -OCH3 is 1. The van der Waals surface area contributed by atoms with Crippen LogP contribution in [-0.2, 0) is 21.7 Å². The molecule has 5 rings (SSSR count). The third kappa shape index (κ3) is 8.13. The van der Waals surface area contributed by atoms with Crippen LogP contribution in [-0.4, -0.2) is 38.6 Å². The lowest BCUT2D eigenvalue weighted by Crippen LogP contribution is -2.21. The van der Waals surface area contributed by atoms with Gasteiger partial charge in [-0.25, -0.2) is 18.2 Å². The Labute approximate surface area is 269 Å². The first-order valence-electron chi connectivity index (χ1n) is 14.8. The van der Waals surface area contributed by atoms with Gasteiger partial charge in [0.1, 0.15) is 32.9 Å². The summed E-state index contributed by atoms with van der Waals surface area (Å²) in [6.45, 7) is 6.17. The maximum atomic E-state index is 13.4. The highest BCUT2D eigenvalue weighted by Gasteiger charge is 2.22. The van der Waals surface area contributed by atoms with E-state index in [9.17, 15) is 13.2 Å². The minimum absolute atomic E-state index is 0.0344. The fraction of sp³-hybridized carbons (Fsp3) is 0.222. The summed E-state index contributed by atoms with van der Waals surface area (Å²) in [6, 6.07) is 28.0. The average molecular weight is 639 g/mol. The van der Waals surface area contributed by atoms with Gasteiger partial charge in [-0.3, -0.25) is 0 Å². The number of hydrogen-bond acceptors (Lipinski definition) is 7. The number of fused-ring (bicyclic) bond motifs is 1. The summed E-state index contributed by atoms with van der Waals surface area (Å²) >= 11 is 0. The molecule has 10 heteroatoms. The summed E-state index contributed by atoms with van der Waals surface area (Å²) in [6.07, 6.45) is 3.14. The minimum atomic E-state index is -3.20. The van der Waals surface area contributed by atoms with Crippen molar-refractivity contribution in [1.82, 2.24) is 4.98 Å². The number of amides is 2. The number of pyridine rings is 1. The second kappa shape index (κ2) is 13.5. The third-order valence-electron chi connectivity index (χ3n) is 7.36. The Bertz CT molecular complexity index is 1970. The summed E-state index contributed by atoms with van der Waals surface area (Å²) in [7, 11) is -1.69. The van der Waals surface area contributed by atoms with Gasteiger partial charge < -0.3 is 25.4 Å². The van der Waals surface area contributed by atoms with Gasteiger partial charge in [0, 0.05) is 35.0 Å². The zero-order valence-electron chi connectivity index (χ0n) is 26.5. The van der Waals surface area contributed by atoms with Crippen LogP contribution >= 0.6 is 0 Å². The molecule has 9 nitrogen and oxygen atoms in total. The van der Waals surface area contributed by atoms with Gasteiger partial charge in [0.15, 0.2) is 0 Å². The zero-order valence-corrected chi connectivity index (χ0v) is 27.4. The van der Waals surface area contributed by atoms with Crippen molar-refractivity contribution < 1.29 is 22.7 Å². The average Bonchev–Trinajstić information content (AvgIpc) is 3.01. The molecule has 0 saturated heterocycles. The number of sulfone groups is 1. The van der Waals surface area contributed by atoms with Gasteiger partial charge in [-0.2, -0.15) is 0 Å². The molecule has 0 fully saturated rings. The van der Waals surface area contributed by atoms with E-state index >= 15 is 0 Å². The molecule has 1 aromatic heterocycles. The molecule has 0 aliphatic carbocycles. The number of anilines is 4. The standard InChI is InChI=1S/C36H38N4O5S/c1-36(2,3)25-21-24(18-20-46(5,42)43)34(44-4)31(22-25)40-35(41)39-30-15-16-32(29-14-10-9-13-28(29)30)45-27-17-19-37-33(23-27)38-26-11-7-6-8-12-26/h6-17,19,21-23H,18,20H2,1-5H3,(H,37,38)(H2,39,40,41). The lowest BCUT2D eigenvalue weighted by atomic mass is 9.85. The molecule has 0 aliphatic rings. The lowest BCUT2D eigenvalue weighted by Gasteiger charge is -2.24. The van der Waals surface area contributed by atoms with Gasteiger partial charge >= 0.3 is 6.03 Å². The van der Waals surface area contributed by atoms with Crippen LogP contribution in [0.4, 0.5) is 27.7 Å². The normalized spacial score (nSPS) is 11.6. The highest BCUT2D eigenvalue weighted by atomic mass is 32.2. The van der Waals surface area contributed by atoms with Crippen molar-refractivity contribution in [3.05, 3.63) is 108 Å². The number of para-hydroxylation sites is 1. The largest absolute Gasteiger partial charge is 0.494 e. The van der Waals surface area contributed by atoms with E-state index in [0.717, 1.165) is 22.0 Å². The monoisotopic (exact) mass is 638 g/mol. The molecule has 0 bridgehead atoms. The maximum absolute atomic E-state index is 13.4. The first-order chi connectivity index (χ1) is 21.9. The molecule has 0 saturated carbocycles. The molecule has 46 heavy (non-hydrogen) atoms. The SMILES string of the molecule is COc1c(CCS(C)(=O)=O)cc(C(C)(C)C)cc1NC(=O)Nc1ccc(Oc2ccnc(Nc3ccccc3)c2)c2ccccc12. The quantitative estimate of drug-likeness (QED) is 0.141. The second-order valence-corrected chi connectivity index (χ2v) is 14.3. The van der Waals surface area contributed by atoms with Crippen molar-refractivity contribution in [2.45, 2.75) is 32.6 Å². The van der Waals surface area contributed by atoms with Crippen LogP contribution < -0.4 is 25.4 Å². The van der Waals surface area contributed by atoms with Gasteiger partial charge in [-0.15, -0.1) is 0 Å². The van der Waals surface area contributed by atoms with Crippen LogP contribution in [0.2, 0.25) is 0 Å². The number of aryl methyl sites for hydroxylation is 1. The number of aromatic nitrogens is 1. The number of hydrogen-bond donors (Lipinski definition) is 3. The molecular formula is C36H38N4O5S. The van der Waals surface area contributed by atoms with Crippen LogP contribution in [0.1, 0.15) is 31.9 Å². The molecule has 4 aromatic carbocycles. The van der Waals surface area contributed by atoms with E-state index in [1.165, 1.54) is 13.4 Å². The minimum Gasteiger partial charge on any atom is -0.494 e. The highest BCUT2D eigenvalue weighted by Crippen LogP contribution is 2.37. The fourth-order valence-electron chi connectivity index (χ4n) is 5.02. The number of ether oxygens (including phenoxy) is 2. The van der Waals surface area contributed by atoms with E-state index in [4.69, 9.17) is 9.47 Å². The Morgan fingerprint density at radius 3 is 2.24 bits per heavy atom. The van der Waals surface area contributed by atoms with E-state index in [-0.39, 0.29) is 17.6 Å². The Kier molecular flexibility index (Phi) is 9.48. The molecule has 1 heterocycles. The predicted molar refractivity (Wildman–Crippen MR) is 186 cm³/mol. The van der Waals surface area contributed by atoms with Crippen LogP contribution in [0.3, 0.4) is 0 Å². The fourth-order valence-corrected chi connectivity index (χ4v) is 5.61. The summed E-state index contributed by atoms with van der Waals surface area (Å²) in [4.78, 5) is 17.8. The Morgan fingerprint density at radius 2 is 1.54 bits per heavy atom. The van der Waals surface area contributed by atoms with E-state index < -0.39 is 15.9 Å². The summed E-state index contributed by atoms with van der Waals surface area (Å²) in [5.74, 6) is 2.27. The van der Waals surface area contributed by atoms with Gasteiger partial charge in [0.05, 0.1) is 24.2 Å². The molecular weight excluding hydrogens is 600 g/mol. The molecule has 0 unspecified atom stereocenters. The number of nitrogens with zero attached hydrogens (tertiary/aromatic N) is 1. The third-order valence-corrected chi connectivity index (χ3v) is 8.31. The predicted octanol–water partition coefficient (Wildman–Crippen LogP) is 8.31. The summed E-state index contributed by atoms with van der Waals surface area (Å²) < 4.78 is 35.8. The van der Waals surface area contributed by atoms with Crippen molar-refractivity contribution >= 4 is 49.5 Å². The topological polar surface area (TPSA) is 119 Å². The van der Waals surface area contributed by atoms with Crippen molar-refractivity contribution in [1.29, 1.82) is 0 Å². The van der Waals surface area contributed by atoms with E-state index in [2.05, 4.69) is 41.7 Å². The van der Waals surface area contributed by atoms with Crippen molar-refractivity contribution in [3.63, 3.8) is 0 Å². The van der Waals surface area contributed by atoms with Crippen LogP contribution in [0, 0.1) is 0 Å². The Hall–Kier alpha value is -5.09. The number of carbonyl (C=O) groups is 1. The van der Waals surface area contributed by atoms with E-state index in [1.54, 1.807) is 18.3 Å². The summed E-state index contributed by atoms with van der Waals surface area (Å²) in [5, 5.41) is 10.8. The van der Waals surface area contributed by atoms with Gasteiger partial charge in [-0.1, -0.05) is 69.3 Å². The molecule has 238 valence electrons. The van der Waals surface area contributed by atoms with Gasteiger partial charge in [0.2, 0.25) is 0 Å². The number of rotatable bonds is 10. The van der Waals surface area contributed by atoms with Crippen molar-refractivity contribution in [2.75, 3.05) is 35.1 Å². The van der Waals surface area contributed by atoms with Crippen LogP contribution in [0.5, 0.6) is 17.2 Å². The van der Waals surface area contributed by atoms with Crippen LogP contribution in [0.25, 0.3) is 10.8 Å². The van der Waals surface area contributed by atoms with E-state index in [1.807, 2.05) is 78.9 Å². The number of benzene rings is 4. The molecule has 0 atom stereocenters. The van der Waals surface area contributed by atoms with Crippen molar-refractivity contribution in [3.8, 4) is 17.2 Å². The molecule has 0 aliphatic heterocycles. The smallest absolute Gasteiger partial charge is 0.323 e. The van der Waals surface area contributed by atoms with Crippen LogP contribution in [0.15, 0.2) is 97.2 Å². The highest BCUT2D eigenvalue weighted by molar-refractivity contribution is 7.90. The van der Waals surface area contributed by atoms with Gasteiger partial charge in [-0.05, 0) is 59.4 Å². The molecule has 5 aromatic rings. The molecule has 0 spiro atoms. The van der Waals surface area contributed by atoms with Gasteiger partial charge in [0.25, 0.3) is 0 Å². The Balaban J connectivity index is 1.39. The maximum Gasteiger partial charge on any atom is 0.323 e. The number of carbonyl (C=O) groups excluding carboxylic acids is 1. The number of nitrogens with one attached hydrogen (secondary N) is 3. The first kappa shape index (κ1) is 32.3. The molecule has 3 N–H and O–H groups in total. The Morgan fingerprint density at radius 1 is 0.848 bits per heavy atom. The molecule has 0 radical (unpaired) electrons. The zero-order chi connectivity index (χ0) is 32.9. The molecule has 2 amide bonds. The number of urea groups is 1. The van der Waals surface area contributed by atoms with Crippen molar-refractivity contribution in [2.24, 2.45) is 0 Å². The summed E-state index contributed by atoms with van der Waals surface area (Å²) in [5.41, 5.74) is 3.36. The lowest BCUT2D eigenvalue weighted by molar-refractivity contribution is 0.262.